The lowest BCUT2D eigenvalue weighted by Gasteiger charge is -2.28. The number of anilines is 1. The summed E-state index contributed by atoms with van der Waals surface area (Å²) in [4.78, 5) is 80.6. The Balaban J connectivity index is 1.16. The normalized spacial score (nSPS) is 12.8. The first-order chi connectivity index (χ1) is 34.5. The van der Waals surface area contributed by atoms with Crippen LogP contribution in [0.3, 0.4) is 0 Å². The van der Waals surface area contributed by atoms with Crippen LogP contribution in [0.2, 0.25) is 0 Å². The number of Topliss-reactive ketones (excluding diaryl/α,β-unsaturated/α-hetero) is 1. The molecule has 1 atom stereocenters. The van der Waals surface area contributed by atoms with Gasteiger partial charge in [-0.25, -0.2) is 9.48 Å². The van der Waals surface area contributed by atoms with Crippen molar-refractivity contribution in [1.82, 2.24) is 41.6 Å². The molecule has 16 nitrogen and oxygen atoms in total. The Morgan fingerprint density at radius 2 is 1.42 bits per heavy atom. The minimum absolute atomic E-state index is 0.0253. The zero-order valence-corrected chi connectivity index (χ0v) is 45.1. The van der Waals surface area contributed by atoms with E-state index in [-0.39, 0.29) is 85.2 Å². The number of aryl methyl sites for hydroxylation is 1. The summed E-state index contributed by atoms with van der Waals surface area (Å²) in [6.07, 6.45) is 4.64. The second-order valence-electron chi connectivity index (χ2n) is 22.5. The second kappa shape index (κ2) is 26.5. The Labute approximate surface area is 432 Å². The number of nitrogens with one attached hydrogen (secondary N) is 5. The van der Waals surface area contributed by atoms with Gasteiger partial charge in [0.25, 0.3) is 5.91 Å². The molecule has 0 radical (unpaired) electrons. The largest absolute Gasteiger partial charge is 0.444 e. The lowest BCUT2D eigenvalue weighted by atomic mass is 9.88. The molecule has 3 aromatic carbocycles. The molecule has 1 aliphatic heterocycles. The van der Waals surface area contributed by atoms with Crippen molar-refractivity contribution in [2.45, 2.75) is 171 Å². The van der Waals surface area contributed by atoms with Gasteiger partial charge in [0.05, 0.1) is 24.0 Å². The average Bonchev–Trinajstić information content (AvgIpc) is 3.74. The molecule has 0 saturated heterocycles. The fourth-order valence-electron chi connectivity index (χ4n) is 8.52. The van der Waals surface area contributed by atoms with E-state index in [0.29, 0.717) is 61.4 Å². The van der Waals surface area contributed by atoms with Crippen molar-refractivity contribution in [3.05, 3.63) is 89.0 Å². The summed E-state index contributed by atoms with van der Waals surface area (Å²) in [5, 5.41) is 24.3. The Morgan fingerprint density at radius 3 is 2.14 bits per heavy atom. The molecule has 1 aromatic heterocycles. The molecule has 0 unspecified atom stereocenters. The van der Waals surface area contributed by atoms with E-state index in [0.717, 1.165) is 60.2 Å². The van der Waals surface area contributed by atoms with Crippen molar-refractivity contribution in [2.75, 3.05) is 24.5 Å². The molecule has 0 bridgehead atoms. The first kappa shape index (κ1) is 57.5. The van der Waals surface area contributed by atoms with Gasteiger partial charge in [-0.05, 0) is 105 Å². The molecule has 4 aromatic rings. The van der Waals surface area contributed by atoms with E-state index in [9.17, 15) is 28.8 Å². The van der Waals surface area contributed by atoms with Crippen molar-refractivity contribution in [1.29, 1.82) is 0 Å². The van der Waals surface area contributed by atoms with Crippen LogP contribution in [0.5, 0.6) is 0 Å². The third-order valence-corrected chi connectivity index (χ3v) is 12.4. The van der Waals surface area contributed by atoms with E-state index in [2.05, 4.69) is 57.7 Å². The number of likely N-dealkylation sites (N-methyl/N-ethyl adjacent to an activating group) is 1. The van der Waals surface area contributed by atoms with Crippen LogP contribution >= 0.6 is 0 Å². The number of benzene rings is 3. The van der Waals surface area contributed by atoms with Crippen molar-refractivity contribution >= 4 is 41.2 Å². The molecule has 5 rings (SSSR count). The highest BCUT2D eigenvalue weighted by atomic mass is 16.6. The number of hydrogen-bond donors (Lipinski definition) is 5. The minimum atomic E-state index is -0.681. The maximum Gasteiger partial charge on any atom is 0.407 e. The minimum Gasteiger partial charge on any atom is -0.444 e. The van der Waals surface area contributed by atoms with Crippen molar-refractivity contribution < 1.29 is 33.5 Å². The van der Waals surface area contributed by atoms with Crippen LogP contribution in [-0.2, 0) is 50.1 Å². The number of rotatable bonds is 24. The lowest BCUT2D eigenvalue weighted by molar-refractivity contribution is -0.125. The molecule has 5 amide bonds. The van der Waals surface area contributed by atoms with Crippen LogP contribution in [-0.4, -0.2) is 81.8 Å². The number of aromatic nitrogens is 3. The fourth-order valence-corrected chi connectivity index (χ4v) is 8.52. The molecule has 0 aliphatic carbocycles. The summed E-state index contributed by atoms with van der Waals surface area (Å²) in [5.41, 5.74) is 5.84. The summed E-state index contributed by atoms with van der Waals surface area (Å²) in [6, 6.07) is 20.7. The van der Waals surface area contributed by atoms with Crippen LogP contribution in [0.4, 0.5) is 10.5 Å². The van der Waals surface area contributed by atoms with Gasteiger partial charge in [0, 0.05) is 75.1 Å². The molecule has 2 heterocycles. The van der Waals surface area contributed by atoms with Gasteiger partial charge in [-0.15, -0.1) is 5.10 Å². The van der Waals surface area contributed by atoms with Crippen LogP contribution in [0.15, 0.2) is 66.7 Å². The third kappa shape index (κ3) is 18.5. The Kier molecular flexibility index (Phi) is 20.9. The smallest absolute Gasteiger partial charge is 0.407 e. The number of carbonyl (C=O) groups is 6. The highest BCUT2D eigenvalue weighted by Gasteiger charge is 2.30. The lowest BCUT2D eigenvalue weighted by Crippen LogP contribution is -2.37. The molecule has 1 aliphatic rings. The number of unbranched alkanes of at least 4 members (excludes halogenated alkanes) is 2. The number of carbonyl (C=O) groups excluding carboxylic acids is 6. The average molecular weight is 1000 g/mol. The molecule has 0 spiro atoms. The maximum atomic E-state index is 14.1. The zero-order chi connectivity index (χ0) is 53.3. The zero-order valence-electron chi connectivity index (χ0n) is 45.1. The van der Waals surface area contributed by atoms with E-state index >= 15 is 0 Å². The molecular weight excluding hydrogens is 923 g/mol. The quantitative estimate of drug-likeness (QED) is 0.0421. The number of para-hydroxylation sites is 1. The van der Waals surface area contributed by atoms with Gasteiger partial charge in [-0.2, -0.15) is 0 Å². The van der Waals surface area contributed by atoms with Crippen LogP contribution < -0.4 is 31.5 Å². The van der Waals surface area contributed by atoms with Gasteiger partial charge in [0.2, 0.25) is 17.7 Å². The molecule has 5 N–H and O–H groups in total. The number of hydrogen-bond acceptors (Lipinski definition) is 10. The van der Waals surface area contributed by atoms with E-state index < -0.39 is 11.7 Å². The first-order valence-electron chi connectivity index (χ1n) is 26.1. The van der Waals surface area contributed by atoms with Gasteiger partial charge in [0.1, 0.15) is 17.1 Å². The van der Waals surface area contributed by atoms with Gasteiger partial charge in [0.15, 0.2) is 0 Å². The highest BCUT2D eigenvalue weighted by Crippen LogP contribution is 2.41. The van der Waals surface area contributed by atoms with E-state index in [1.54, 1.807) is 37.8 Å². The number of alkyl carbamates (subject to hydrolysis) is 1. The van der Waals surface area contributed by atoms with Gasteiger partial charge in [-0.3, -0.25) is 24.0 Å². The summed E-state index contributed by atoms with van der Waals surface area (Å²) < 4.78 is 7.29. The van der Waals surface area contributed by atoms with E-state index in [4.69, 9.17) is 4.74 Å². The summed E-state index contributed by atoms with van der Waals surface area (Å²) in [6.45, 7) is 22.6. The van der Waals surface area contributed by atoms with Crippen LogP contribution in [0, 0.1) is 10.8 Å². The predicted molar refractivity (Wildman–Crippen MR) is 286 cm³/mol. The van der Waals surface area contributed by atoms with Gasteiger partial charge >= 0.3 is 6.09 Å². The number of ether oxygens (including phenoxy) is 1. The van der Waals surface area contributed by atoms with Crippen molar-refractivity contribution in [2.24, 2.45) is 10.8 Å². The first-order valence-corrected chi connectivity index (χ1v) is 26.1. The topological polar surface area (TPSA) is 206 Å². The standard InChI is InChI=1S/C57H81N9O7/c1-11-58-45(47(67)30-31-55(2,3)4)23-16-18-32-59-49(69)28-29-50(70)65-37-40-20-12-13-21-42(40)52-51(44-22-14-15-24-46(44)65)63-64-66(52)33-19-17-25-48(68)60-35-39-26-27-43(53(71)62-38-56(5,6)7)41(34-39)36-61-54(72)73-57(8,9)10/h12-15,20-22,24,26-27,34,45,58H,11,16-19,23,25,28-33,35-38H2,1-10H3,(H,59,69)(H,60,68)(H,61,72)(H,62,71)/t45-/m0/s1. The number of amides is 5. The summed E-state index contributed by atoms with van der Waals surface area (Å²) >= 11 is 0. The van der Waals surface area contributed by atoms with Crippen molar-refractivity contribution in [3.63, 3.8) is 0 Å². The van der Waals surface area contributed by atoms with Crippen LogP contribution in [0.1, 0.15) is 160 Å². The number of fused-ring (bicyclic) bond motifs is 5. The second-order valence-corrected chi connectivity index (χ2v) is 22.5. The predicted octanol–water partition coefficient (Wildman–Crippen LogP) is 9.19. The molecule has 0 saturated carbocycles. The Hall–Kier alpha value is -6.42. The molecule has 16 heteroatoms. The van der Waals surface area contributed by atoms with Gasteiger partial charge in [-0.1, -0.05) is 108 Å². The monoisotopic (exact) mass is 1000 g/mol. The van der Waals surface area contributed by atoms with Gasteiger partial charge < -0.3 is 36.2 Å². The molecule has 73 heavy (non-hydrogen) atoms. The number of nitrogens with zero attached hydrogens (tertiary/aromatic N) is 4. The van der Waals surface area contributed by atoms with E-state index in [1.807, 2.05) is 87.0 Å². The molecular formula is C57H81N9O7. The maximum absolute atomic E-state index is 14.1. The van der Waals surface area contributed by atoms with Crippen LogP contribution in [0.25, 0.3) is 22.5 Å². The summed E-state index contributed by atoms with van der Waals surface area (Å²) in [7, 11) is 0. The Bertz CT molecular complexity index is 2530. The SMILES string of the molecule is CCN[C@@H](CCCCNC(=O)CCC(=O)N1Cc2ccccc2-c2c(nnn2CCCCC(=O)NCc2ccc(C(=O)NCC(C)(C)C)c(CNC(=O)OC(C)(C)C)c2)-c2ccccc21)C(=O)CCC(C)(C)C. The summed E-state index contributed by atoms with van der Waals surface area (Å²) in [5.74, 6) is -0.503. The molecule has 0 fully saturated rings. The van der Waals surface area contributed by atoms with E-state index in [1.165, 1.54) is 0 Å². The Morgan fingerprint density at radius 1 is 0.712 bits per heavy atom. The molecule has 396 valence electrons. The highest BCUT2D eigenvalue weighted by molar-refractivity contribution is 6.01. The number of ketones is 1. The third-order valence-electron chi connectivity index (χ3n) is 12.4. The van der Waals surface area contributed by atoms with Crippen molar-refractivity contribution in [3.8, 4) is 22.5 Å². The fraction of sp³-hybridized carbons (Fsp3) is 0.544.